The van der Waals surface area contributed by atoms with Crippen LogP contribution in [0.4, 0.5) is 0 Å². The average Bonchev–Trinajstić information content (AvgIpc) is 2.11. The molecule has 0 spiro atoms. The summed E-state index contributed by atoms with van der Waals surface area (Å²) in [5, 5.41) is 0. The van der Waals surface area contributed by atoms with Crippen molar-refractivity contribution in [2.45, 2.75) is 52.9 Å². The zero-order valence-electron chi connectivity index (χ0n) is 8.97. The summed E-state index contributed by atoms with van der Waals surface area (Å²) in [5.41, 5.74) is 0. The van der Waals surface area contributed by atoms with Crippen molar-refractivity contribution in [2.24, 2.45) is 11.8 Å². The maximum Gasteiger partial charge on any atom is -0.0265 e. The topological polar surface area (TPSA) is 0 Å². The van der Waals surface area contributed by atoms with Crippen LogP contribution in [0.3, 0.4) is 0 Å². The van der Waals surface area contributed by atoms with Gasteiger partial charge in [-0.25, -0.2) is 0 Å². The molecule has 0 N–H and O–H groups in total. The van der Waals surface area contributed by atoms with Gasteiger partial charge >= 0.3 is 0 Å². The zero-order valence-corrected chi connectivity index (χ0v) is 8.97. The highest BCUT2D eigenvalue weighted by molar-refractivity contribution is 4.74. The lowest BCUT2D eigenvalue weighted by atomic mass is 9.98. The van der Waals surface area contributed by atoms with E-state index in [1.54, 1.807) is 0 Å². The van der Waals surface area contributed by atoms with Crippen molar-refractivity contribution in [1.29, 1.82) is 0 Å². The molecule has 0 heteroatoms. The molecule has 2 unspecified atom stereocenters. The molecule has 0 amide bonds. The van der Waals surface area contributed by atoms with Crippen LogP contribution in [0, 0.1) is 11.8 Å². The van der Waals surface area contributed by atoms with Crippen molar-refractivity contribution in [3.8, 4) is 0 Å². The summed E-state index contributed by atoms with van der Waals surface area (Å²) in [7, 11) is 0. The van der Waals surface area contributed by atoms with Crippen LogP contribution < -0.4 is 0 Å². The largest absolute Gasteiger partial charge is 0.103 e. The number of hydrogen-bond acceptors (Lipinski definition) is 0. The molecule has 0 aliphatic heterocycles. The first-order valence-corrected chi connectivity index (χ1v) is 5.33. The Balaban J connectivity index is 3.15. The van der Waals surface area contributed by atoms with Crippen molar-refractivity contribution in [2.75, 3.05) is 0 Å². The first-order valence-electron chi connectivity index (χ1n) is 5.33. The fourth-order valence-corrected chi connectivity index (χ4v) is 1.28. The SMILES string of the molecule is C=CC(C)CCCCC(C)CC. The van der Waals surface area contributed by atoms with Crippen molar-refractivity contribution in [3.05, 3.63) is 12.7 Å². The van der Waals surface area contributed by atoms with Crippen LogP contribution in [0.2, 0.25) is 0 Å². The molecule has 0 heterocycles. The third-order valence-electron chi connectivity index (χ3n) is 2.71. The zero-order chi connectivity index (χ0) is 9.40. The number of unbranched alkanes of at least 4 members (excludes halogenated alkanes) is 1. The molecule has 0 aliphatic carbocycles. The molecular weight excluding hydrogens is 144 g/mol. The van der Waals surface area contributed by atoms with Crippen LogP contribution in [0.5, 0.6) is 0 Å². The lowest BCUT2D eigenvalue weighted by molar-refractivity contribution is 0.464. The monoisotopic (exact) mass is 168 g/mol. The molecule has 12 heavy (non-hydrogen) atoms. The van der Waals surface area contributed by atoms with Crippen molar-refractivity contribution < 1.29 is 0 Å². The van der Waals surface area contributed by atoms with E-state index in [2.05, 4.69) is 33.4 Å². The minimum atomic E-state index is 0.710. The Morgan fingerprint density at radius 3 is 2.25 bits per heavy atom. The number of allylic oxidation sites excluding steroid dienone is 1. The van der Waals surface area contributed by atoms with Crippen LogP contribution in [-0.4, -0.2) is 0 Å². The summed E-state index contributed by atoms with van der Waals surface area (Å²) >= 11 is 0. The van der Waals surface area contributed by atoms with E-state index in [9.17, 15) is 0 Å². The third kappa shape index (κ3) is 6.45. The molecule has 0 aromatic carbocycles. The Hall–Kier alpha value is -0.260. The predicted molar refractivity (Wildman–Crippen MR) is 57.3 cm³/mol. The summed E-state index contributed by atoms with van der Waals surface area (Å²) in [5.74, 6) is 1.63. The van der Waals surface area contributed by atoms with E-state index in [4.69, 9.17) is 0 Å². The average molecular weight is 168 g/mol. The molecule has 0 aromatic rings. The quantitative estimate of drug-likeness (QED) is 0.390. The lowest BCUT2D eigenvalue weighted by Gasteiger charge is -2.08. The van der Waals surface area contributed by atoms with Crippen LogP contribution >= 0.6 is 0 Å². The van der Waals surface area contributed by atoms with Gasteiger partial charge in [-0.2, -0.15) is 0 Å². The van der Waals surface area contributed by atoms with Crippen LogP contribution in [0.15, 0.2) is 12.7 Å². The smallest absolute Gasteiger partial charge is 0.0265 e. The van der Waals surface area contributed by atoms with Crippen LogP contribution in [0.1, 0.15) is 52.9 Å². The Morgan fingerprint density at radius 2 is 1.75 bits per heavy atom. The summed E-state index contributed by atoms with van der Waals surface area (Å²) in [6.45, 7) is 10.7. The normalized spacial score (nSPS) is 15.6. The molecule has 0 rings (SSSR count). The molecule has 0 bridgehead atoms. The molecule has 0 radical (unpaired) electrons. The molecular formula is C12H24. The van der Waals surface area contributed by atoms with E-state index in [0.717, 1.165) is 5.92 Å². The maximum atomic E-state index is 3.79. The van der Waals surface area contributed by atoms with Crippen LogP contribution in [0.25, 0.3) is 0 Å². The van der Waals surface area contributed by atoms with Gasteiger partial charge in [0.25, 0.3) is 0 Å². The highest BCUT2D eigenvalue weighted by Gasteiger charge is 1.99. The molecule has 0 aromatic heterocycles. The predicted octanol–water partition coefficient (Wildman–Crippen LogP) is 4.42. The van der Waals surface area contributed by atoms with E-state index in [1.807, 2.05) is 0 Å². The first kappa shape index (κ1) is 11.7. The maximum absolute atomic E-state index is 3.79. The van der Waals surface area contributed by atoms with Gasteiger partial charge in [0.2, 0.25) is 0 Å². The van der Waals surface area contributed by atoms with Crippen molar-refractivity contribution >= 4 is 0 Å². The van der Waals surface area contributed by atoms with Crippen LogP contribution in [-0.2, 0) is 0 Å². The molecule has 72 valence electrons. The Kier molecular flexibility index (Phi) is 7.23. The Labute approximate surface area is 78.1 Å². The summed E-state index contributed by atoms with van der Waals surface area (Å²) < 4.78 is 0. The summed E-state index contributed by atoms with van der Waals surface area (Å²) in [6, 6.07) is 0. The molecule has 0 saturated heterocycles. The van der Waals surface area contributed by atoms with Gasteiger partial charge in [-0.3, -0.25) is 0 Å². The standard InChI is InChI=1S/C12H24/c1-5-11(3)9-7-8-10-12(4)6-2/h5,11-12H,1,6-10H2,2-4H3. The molecule has 0 saturated carbocycles. The van der Waals surface area contributed by atoms with Crippen molar-refractivity contribution in [3.63, 3.8) is 0 Å². The lowest BCUT2D eigenvalue weighted by Crippen LogP contribution is -1.93. The highest BCUT2D eigenvalue weighted by atomic mass is 14.1. The van der Waals surface area contributed by atoms with E-state index in [0.29, 0.717) is 5.92 Å². The molecule has 2 atom stereocenters. The number of rotatable bonds is 7. The fourth-order valence-electron chi connectivity index (χ4n) is 1.28. The van der Waals surface area contributed by atoms with E-state index >= 15 is 0 Å². The summed E-state index contributed by atoms with van der Waals surface area (Å²) in [4.78, 5) is 0. The van der Waals surface area contributed by atoms with Gasteiger partial charge in [0.15, 0.2) is 0 Å². The minimum absolute atomic E-state index is 0.710. The minimum Gasteiger partial charge on any atom is -0.103 e. The Morgan fingerprint density at radius 1 is 1.17 bits per heavy atom. The molecule has 0 fully saturated rings. The van der Waals surface area contributed by atoms with Gasteiger partial charge in [-0.05, 0) is 18.3 Å². The van der Waals surface area contributed by atoms with Crippen molar-refractivity contribution in [1.82, 2.24) is 0 Å². The number of hydrogen-bond donors (Lipinski definition) is 0. The van der Waals surface area contributed by atoms with Gasteiger partial charge in [-0.1, -0.05) is 52.5 Å². The first-order chi connectivity index (χ1) is 5.70. The Bertz CT molecular complexity index is 105. The highest BCUT2D eigenvalue weighted by Crippen LogP contribution is 2.15. The van der Waals surface area contributed by atoms with E-state index in [-0.39, 0.29) is 0 Å². The third-order valence-corrected chi connectivity index (χ3v) is 2.71. The van der Waals surface area contributed by atoms with E-state index in [1.165, 1.54) is 32.1 Å². The fraction of sp³-hybridized carbons (Fsp3) is 0.833. The van der Waals surface area contributed by atoms with Gasteiger partial charge in [-0.15, -0.1) is 6.58 Å². The van der Waals surface area contributed by atoms with Gasteiger partial charge < -0.3 is 0 Å². The van der Waals surface area contributed by atoms with E-state index < -0.39 is 0 Å². The molecule has 0 nitrogen and oxygen atoms in total. The summed E-state index contributed by atoms with van der Waals surface area (Å²) in [6.07, 6.45) is 8.88. The second kappa shape index (κ2) is 7.39. The second-order valence-electron chi connectivity index (χ2n) is 4.01. The van der Waals surface area contributed by atoms with Gasteiger partial charge in [0.05, 0.1) is 0 Å². The van der Waals surface area contributed by atoms with Gasteiger partial charge in [0.1, 0.15) is 0 Å². The van der Waals surface area contributed by atoms with Gasteiger partial charge in [0, 0.05) is 0 Å². The second-order valence-corrected chi connectivity index (χ2v) is 4.01. The molecule has 0 aliphatic rings.